The summed E-state index contributed by atoms with van der Waals surface area (Å²) in [6, 6.07) is 2.00. The molecular formula is C10H9BrF3N3. The number of hydrogen-bond donors (Lipinski definition) is 2. The van der Waals surface area contributed by atoms with Gasteiger partial charge in [0.25, 0.3) is 0 Å². The molecule has 0 amide bonds. The Kier molecular flexibility index (Phi) is 2.90. The number of benzene rings is 1. The van der Waals surface area contributed by atoms with E-state index in [9.17, 15) is 13.2 Å². The molecule has 0 saturated carbocycles. The summed E-state index contributed by atoms with van der Waals surface area (Å²) in [7, 11) is 0. The average Bonchev–Trinajstić information content (AvgIpc) is 2.60. The number of rotatable bonds is 1. The first-order valence-corrected chi connectivity index (χ1v) is 5.61. The van der Waals surface area contributed by atoms with Crippen molar-refractivity contribution in [3.8, 4) is 0 Å². The molecule has 2 rings (SSSR count). The van der Waals surface area contributed by atoms with Gasteiger partial charge in [0.15, 0.2) is 0 Å². The molecule has 1 aromatic heterocycles. The predicted molar refractivity (Wildman–Crippen MR) is 61.4 cm³/mol. The van der Waals surface area contributed by atoms with E-state index in [1.807, 2.05) is 0 Å². The molecule has 7 heteroatoms. The molecule has 3 N–H and O–H groups in total. The van der Waals surface area contributed by atoms with Gasteiger partial charge in [0, 0.05) is 0 Å². The quantitative estimate of drug-likeness (QED) is 0.848. The Morgan fingerprint density at radius 2 is 2.06 bits per heavy atom. The molecule has 1 heterocycles. The minimum absolute atomic E-state index is 0.0642. The molecule has 0 saturated heterocycles. The van der Waals surface area contributed by atoms with Crippen molar-refractivity contribution in [2.24, 2.45) is 5.73 Å². The Hall–Kier alpha value is -1.08. The first-order valence-electron chi connectivity index (χ1n) is 4.81. The zero-order valence-corrected chi connectivity index (χ0v) is 10.4. The van der Waals surface area contributed by atoms with Crippen LogP contribution in [0, 0.1) is 0 Å². The molecule has 0 radical (unpaired) electrons. The van der Waals surface area contributed by atoms with Crippen LogP contribution >= 0.6 is 15.9 Å². The van der Waals surface area contributed by atoms with Gasteiger partial charge in [0.2, 0.25) is 0 Å². The van der Waals surface area contributed by atoms with Crippen LogP contribution in [0.1, 0.15) is 24.4 Å². The van der Waals surface area contributed by atoms with Gasteiger partial charge in [0.05, 0.1) is 21.6 Å². The fourth-order valence-electron chi connectivity index (χ4n) is 1.50. The topological polar surface area (TPSA) is 54.7 Å². The summed E-state index contributed by atoms with van der Waals surface area (Å²) >= 11 is 2.94. The number of aromatic nitrogens is 2. The molecule has 2 aromatic rings. The summed E-state index contributed by atoms with van der Waals surface area (Å²) in [6.07, 6.45) is -4.40. The Morgan fingerprint density at radius 1 is 1.41 bits per heavy atom. The highest BCUT2D eigenvalue weighted by Crippen LogP contribution is 2.38. The fraction of sp³-hybridized carbons (Fsp3) is 0.300. The number of H-pyrrole nitrogens is 1. The third kappa shape index (κ3) is 2.16. The van der Waals surface area contributed by atoms with E-state index in [0.717, 1.165) is 6.07 Å². The number of alkyl halides is 3. The van der Waals surface area contributed by atoms with Crippen molar-refractivity contribution in [1.82, 2.24) is 9.97 Å². The summed E-state index contributed by atoms with van der Waals surface area (Å²) in [5, 5.41) is 0. The van der Waals surface area contributed by atoms with Crippen molar-refractivity contribution in [3.05, 3.63) is 28.0 Å². The van der Waals surface area contributed by atoms with Crippen LogP contribution in [0.25, 0.3) is 11.0 Å². The maximum atomic E-state index is 12.6. The number of imidazole rings is 1. The monoisotopic (exact) mass is 307 g/mol. The van der Waals surface area contributed by atoms with E-state index in [-0.39, 0.29) is 16.0 Å². The van der Waals surface area contributed by atoms with Crippen LogP contribution < -0.4 is 5.73 Å². The second-order valence-corrected chi connectivity index (χ2v) is 4.52. The van der Waals surface area contributed by atoms with Gasteiger partial charge in [-0.2, -0.15) is 13.2 Å². The molecule has 3 nitrogen and oxygen atoms in total. The second-order valence-electron chi connectivity index (χ2n) is 3.73. The first kappa shape index (κ1) is 12.4. The van der Waals surface area contributed by atoms with Crippen LogP contribution in [-0.4, -0.2) is 9.97 Å². The van der Waals surface area contributed by atoms with E-state index in [0.29, 0.717) is 11.3 Å². The summed E-state index contributed by atoms with van der Waals surface area (Å²) in [5.74, 6) is 0.458. The Morgan fingerprint density at radius 3 is 2.59 bits per heavy atom. The lowest BCUT2D eigenvalue weighted by molar-refractivity contribution is -0.138. The number of hydrogen-bond acceptors (Lipinski definition) is 2. The van der Waals surface area contributed by atoms with Crippen LogP contribution in [0.3, 0.4) is 0 Å². The SMILES string of the molecule is C[C@@H](N)c1nc2c(Br)c(C(F)(F)F)ccc2[nH]1. The van der Waals surface area contributed by atoms with Gasteiger partial charge in [0.1, 0.15) is 11.3 Å². The Labute approximate surface area is 103 Å². The van der Waals surface area contributed by atoms with Crippen LogP contribution in [0.15, 0.2) is 16.6 Å². The largest absolute Gasteiger partial charge is 0.417 e. The average molecular weight is 308 g/mol. The Bertz CT molecular complexity index is 560. The van der Waals surface area contributed by atoms with Crippen molar-refractivity contribution in [2.45, 2.75) is 19.1 Å². The number of fused-ring (bicyclic) bond motifs is 1. The second kappa shape index (κ2) is 3.99. The maximum absolute atomic E-state index is 12.6. The van der Waals surface area contributed by atoms with Gasteiger partial charge in [-0.05, 0) is 35.0 Å². The van der Waals surface area contributed by atoms with E-state index in [2.05, 4.69) is 25.9 Å². The number of aromatic amines is 1. The van der Waals surface area contributed by atoms with Crippen molar-refractivity contribution < 1.29 is 13.2 Å². The highest BCUT2D eigenvalue weighted by Gasteiger charge is 2.34. The van der Waals surface area contributed by atoms with Gasteiger partial charge in [-0.15, -0.1) is 0 Å². The van der Waals surface area contributed by atoms with Gasteiger partial charge >= 0.3 is 6.18 Å². The highest BCUT2D eigenvalue weighted by atomic mass is 79.9. The van der Waals surface area contributed by atoms with E-state index in [1.165, 1.54) is 6.07 Å². The van der Waals surface area contributed by atoms with Crippen molar-refractivity contribution in [3.63, 3.8) is 0 Å². The first-order chi connectivity index (χ1) is 7.80. The summed E-state index contributed by atoms with van der Waals surface area (Å²) < 4.78 is 37.9. The molecule has 1 aromatic carbocycles. The van der Waals surface area contributed by atoms with E-state index >= 15 is 0 Å². The lowest BCUT2D eigenvalue weighted by Gasteiger charge is -2.08. The van der Waals surface area contributed by atoms with E-state index in [4.69, 9.17) is 5.73 Å². The van der Waals surface area contributed by atoms with E-state index in [1.54, 1.807) is 6.92 Å². The Balaban J connectivity index is 2.67. The third-order valence-electron chi connectivity index (χ3n) is 2.35. The number of nitrogens with two attached hydrogens (primary N) is 1. The van der Waals surface area contributed by atoms with Crippen molar-refractivity contribution in [2.75, 3.05) is 0 Å². The zero-order valence-electron chi connectivity index (χ0n) is 8.77. The van der Waals surface area contributed by atoms with Crippen LogP contribution in [0.2, 0.25) is 0 Å². The summed E-state index contributed by atoms with van der Waals surface area (Å²) in [6.45, 7) is 1.70. The smallest absolute Gasteiger partial charge is 0.341 e. The molecule has 0 spiro atoms. The number of nitrogens with zero attached hydrogens (tertiary/aromatic N) is 1. The third-order valence-corrected chi connectivity index (χ3v) is 3.15. The predicted octanol–water partition coefficient (Wildman–Crippen LogP) is 3.36. The van der Waals surface area contributed by atoms with Gasteiger partial charge in [-0.3, -0.25) is 0 Å². The maximum Gasteiger partial charge on any atom is 0.417 e. The zero-order chi connectivity index (χ0) is 12.8. The molecule has 0 aliphatic rings. The van der Waals surface area contributed by atoms with Crippen LogP contribution in [0.4, 0.5) is 13.2 Å². The van der Waals surface area contributed by atoms with Gasteiger partial charge in [-0.25, -0.2) is 4.98 Å². The minimum Gasteiger partial charge on any atom is -0.341 e. The molecular weight excluding hydrogens is 299 g/mol. The van der Waals surface area contributed by atoms with Gasteiger partial charge in [-0.1, -0.05) is 0 Å². The van der Waals surface area contributed by atoms with Crippen molar-refractivity contribution in [1.29, 1.82) is 0 Å². The summed E-state index contributed by atoms with van der Waals surface area (Å²) in [4.78, 5) is 6.94. The van der Waals surface area contributed by atoms with Crippen LogP contribution in [0.5, 0.6) is 0 Å². The molecule has 92 valence electrons. The highest BCUT2D eigenvalue weighted by molar-refractivity contribution is 9.10. The molecule has 1 atom stereocenters. The lowest BCUT2D eigenvalue weighted by Crippen LogP contribution is -2.06. The fourth-order valence-corrected chi connectivity index (χ4v) is 2.15. The molecule has 0 aliphatic carbocycles. The van der Waals surface area contributed by atoms with Crippen LogP contribution in [-0.2, 0) is 6.18 Å². The normalized spacial score (nSPS) is 14.2. The molecule has 0 unspecified atom stereocenters. The summed E-state index contributed by atoms with van der Waals surface area (Å²) in [5.41, 5.74) is 5.65. The molecule has 0 bridgehead atoms. The molecule has 17 heavy (non-hydrogen) atoms. The number of nitrogens with one attached hydrogen (secondary N) is 1. The lowest BCUT2D eigenvalue weighted by atomic mass is 10.2. The molecule has 0 fully saturated rings. The minimum atomic E-state index is -4.40. The standard InChI is InChI=1S/C10H9BrF3N3/c1-4(15)9-16-6-3-2-5(10(12,13)14)7(11)8(6)17-9/h2-4H,15H2,1H3,(H,16,17)/t4-/m1/s1. The van der Waals surface area contributed by atoms with E-state index < -0.39 is 11.7 Å². The van der Waals surface area contributed by atoms with Gasteiger partial charge < -0.3 is 10.7 Å². The number of halogens is 4. The van der Waals surface area contributed by atoms with Crippen molar-refractivity contribution >= 4 is 27.0 Å². The molecule has 0 aliphatic heterocycles.